The monoisotopic (exact) mass is 329 g/mol. The maximum atomic E-state index is 10.7. The third-order valence-corrected chi connectivity index (χ3v) is 3.67. The predicted molar refractivity (Wildman–Crippen MR) is 87.2 cm³/mol. The van der Waals surface area contributed by atoms with E-state index in [0.717, 1.165) is 16.9 Å². The van der Waals surface area contributed by atoms with Crippen LogP contribution in [-0.4, -0.2) is 21.8 Å². The number of hydrogen-bond acceptors (Lipinski definition) is 4. The van der Waals surface area contributed by atoms with E-state index in [1.54, 1.807) is 36.2 Å². The molecule has 0 spiro atoms. The molecule has 0 aliphatic heterocycles. The summed E-state index contributed by atoms with van der Waals surface area (Å²) >= 11 is 6.02. The molecule has 0 unspecified atom stereocenters. The Morgan fingerprint density at radius 3 is 2.57 bits per heavy atom. The highest BCUT2D eigenvalue weighted by Crippen LogP contribution is 2.29. The topological polar surface area (TPSA) is 70.2 Å². The fourth-order valence-corrected chi connectivity index (χ4v) is 2.36. The van der Waals surface area contributed by atoms with E-state index in [-0.39, 0.29) is 5.69 Å². The Kier molecular flexibility index (Phi) is 3.99. The van der Waals surface area contributed by atoms with Gasteiger partial charge in [-0.05, 0) is 30.3 Å². The van der Waals surface area contributed by atoms with Gasteiger partial charge in [0.25, 0.3) is 5.69 Å². The molecule has 0 atom stereocenters. The molecule has 0 saturated heterocycles. The number of rotatable bonds is 4. The van der Waals surface area contributed by atoms with Crippen LogP contribution in [0.15, 0.2) is 54.7 Å². The van der Waals surface area contributed by atoms with Crippen molar-refractivity contribution in [3.63, 3.8) is 0 Å². The second-order valence-electron chi connectivity index (χ2n) is 4.77. The zero-order valence-electron chi connectivity index (χ0n) is 12.1. The molecule has 23 heavy (non-hydrogen) atoms. The van der Waals surface area contributed by atoms with Crippen LogP contribution in [0.1, 0.15) is 0 Å². The highest BCUT2D eigenvalue weighted by molar-refractivity contribution is 6.32. The molecule has 3 aromatic rings. The lowest BCUT2D eigenvalue weighted by molar-refractivity contribution is -0.384. The van der Waals surface area contributed by atoms with Crippen molar-refractivity contribution in [3.05, 3.63) is 69.9 Å². The second-order valence-corrected chi connectivity index (χ2v) is 5.18. The molecule has 7 heteroatoms. The van der Waals surface area contributed by atoms with Crippen LogP contribution in [0.4, 0.5) is 5.69 Å². The molecule has 116 valence electrons. The molecule has 2 aromatic carbocycles. The molecule has 0 amide bonds. The number of methoxy groups -OCH3 is 1. The first-order valence-electron chi connectivity index (χ1n) is 6.73. The van der Waals surface area contributed by atoms with Gasteiger partial charge in [-0.25, -0.2) is 4.68 Å². The highest BCUT2D eigenvalue weighted by atomic mass is 35.5. The number of benzene rings is 2. The van der Waals surface area contributed by atoms with Gasteiger partial charge < -0.3 is 4.74 Å². The van der Waals surface area contributed by atoms with Crippen molar-refractivity contribution >= 4 is 17.3 Å². The third kappa shape index (κ3) is 3.02. The van der Waals surface area contributed by atoms with Crippen LogP contribution in [-0.2, 0) is 0 Å². The number of nitro benzene ring substituents is 1. The molecule has 0 fully saturated rings. The van der Waals surface area contributed by atoms with Gasteiger partial charge in [0.15, 0.2) is 0 Å². The van der Waals surface area contributed by atoms with Crippen molar-refractivity contribution in [2.45, 2.75) is 0 Å². The Labute approximate surface area is 137 Å². The molecule has 0 saturated carbocycles. The number of non-ortho nitro benzene ring substituents is 1. The van der Waals surface area contributed by atoms with Crippen molar-refractivity contribution in [2.24, 2.45) is 0 Å². The Morgan fingerprint density at radius 1 is 1.17 bits per heavy atom. The molecule has 0 aliphatic carbocycles. The van der Waals surface area contributed by atoms with Crippen molar-refractivity contribution in [3.8, 4) is 22.7 Å². The predicted octanol–water partition coefficient (Wildman–Crippen LogP) is 4.11. The van der Waals surface area contributed by atoms with Crippen LogP contribution in [0, 0.1) is 10.1 Å². The molecule has 0 radical (unpaired) electrons. The molecule has 1 heterocycles. The van der Waals surface area contributed by atoms with Crippen molar-refractivity contribution in [2.75, 3.05) is 7.11 Å². The number of nitrogens with zero attached hydrogens (tertiary/aromatic N) is 3. The summed E-state index contributed by atoms with van der Waals surface area (Å²) in [5, 5.41) is 15.7. The Hall–Kier alpha value is -2.86. The Morgan fingerprint density at radius 2 is 1.91 bits per heavy atom. The molecular formula is C16H12ClN3O3. The molecule has 0 bridgehead atoms. The lowest BCUT2D eigenvalue weighted by Crippen LogP contribution is -1.96. The van der Waals surface area contributed by atoms with Crippen LogP contribution in [0.25, 0.3) is 16.9 Å². The van der Waals surface area contributed by atoms with Crippen LogP contribution >= 0.6 is 11.6 Å². The first-order valence-corrected chi connectivity index (χ1v) is 7.10. The van der Waals surface area contributed by atoms with Crippen LogP contribution < -0.4 is 4.74 Å². The van der Waals surface area contributed by atoms with Crippen molar-refractivity contribution < 1.29 is 9.66 Å². The van der Waals surface area contributed by atoms with E-state index in [1.165, 1.54) is 12.1 Å². The summed E-state index contributed by atoms with van der Waals surface area (Å²) in [6.45, 7) is 0. The Balaban J connectivity index is 1.92. The summed E-state index contributed by atoms with van der Waals surface area (Å²) < 4.78 is 6.86. The summed E-state index contributed by atoms with van der Waals surface area (Å²) in [6.07, 6.45) is 1.79. The molecular weight excluding hydrogens is 318 g/mol. The minimum Gasteiger partial charge on any atom is -0.495 e. The first kappa shape index (κ1) is 15.1. The van der Waals surface area contributed by atoms with E-state index in [9.17, 15) is 10.1 Å². The van der Waals surface area contributed by atoms with E-state index in [4.69, 9.17) is 16.3 Å². The maximum Gasteiger partial charge on any atom is 0.269 e. The van der Waals surface area contributed by atoms with Gasteiger partial charge in [-0.15, -0.1) is 0 Å². The van der Waals surface area contributed by atoms with Gasteiger partial charge in [0.05, 0.1) is 28.4 Å². The van der Waals surface area contributed by atoms with E-state index in [0.29, 0.717) is 10.8 Å². The average Bonchev–Trinajstić information content (AvgIpc) is 3.05. The van der Waals surface area contributed by atoms with E-state index < -0.39 is 4.92 Å². The molecule has 0 N–H and O–H groups in total. The third-order valence-electron chi connectivity index (χ3n) is 3.36. The average molecular weight is 330 g/mol. The minimum absolute atomic E-state index is 0.0450. The minimum atomic E-state index is -0.432. The Bertz CT molecular complexity index is 859. The standard InChI is InChI=1S/C16H12ClN3O3/c1-23-16-10-11(2-7-14(16)17)15-8-9-19(18-15)12-3-5-13(6-4-12)20(21)22/h2-10H,1H3. The molecule has 0 aliphatic rings. The number of halogens is 1. The smallest absolute Gasteiger partial charge is 0.269 e. The van der Waals surface area contributed by atoms with Crippen LogP contribution in [0.3, 0.4) is 0 Å². The van der Waals surface area contributed by atoms with E-state index in [2.05, 4.69) is 5.10 Å². The number of aromatic nitrogens is 2. The summed E-state index contributed by atoms with van der Waals surface area (Å²) in [6, 6.07) is 13.5. The van der Waals surface area contributed by atoms with Gasteiger partial charge in [0, 0.05) is 23.9 Å². The summed E-state index contributed by atoms with van der Waals surface area (Å²) in [5.74, 6) is 0.578. The van der Waals surface area contributed by atoms with Gasteiger partial charge in [-0.2, -0.15) is 5.10 Å². The largest absolute Gasteiger partial charge is 0.495 e. The number of ether oxygens (including phenoxy) is 1. The first-order chi connectivity index (χ1) is 11.1. The molecule has 3 rings (SSSR count). The summed E-state index contributed by atoms with van der Waals surface area (Å²) in [7, 11) is 1.56. The summed E-state index contributed by atoms with van der Waals surface area (Å²) in [4.78, 5) is 10.3. The van der Waals surface area contributed by atoms with Gasteiger partial charge in [0.2, 0.25) is 0 Å². The second kappa shape index (κ2) is 6.10. The zero-order chi connectivity index (χ0) is 16.4. The molecule has 6 nitrogen and oxygen atoms in total. The van der Waals surface area contributed by atoms with Gasteiger partial charge in [-0.1, -0.05) is 17.7 Å². The lowest BCUT2D eigenvalue weighted by atomic mass is 10.1. The SMILES string of the molecule is COc1cc(-c2ccn(-c3ccc([N+](=O)[O-])cc3)n2)ccc1Cl. The normalized spacial score (nSPS) is 10.5. The van der Waals surface area contributed by atoms with E-state index >= 15 is 0 Å². The number of hydrogen-bond donors (Lipinski definition) is 0. The quantitative estimate of drug-likeness (QED) is 0.533. The van der Waals surface area contributed by atoms with Crippen molar-refractivity contribution in [1.82, 2.24) is 9.78 Å². The lowest BCUT2D eigenvalue weighted by Gasteiger charge is -2.05. The fourth-order valence-electron chi connectivity index (χ4n) is 2.17. The highest BCUT2D eigenvalue weighted by Gasteiger charge is 2.09. The zero-order valence-corrected chi connectivity index (χ0v) is 12.9. The van der Waals surface area contributed by atoms with Crippen LogP contribution in [0.5, 0.6) is 5.75 Å². The number of nitro groups is 1. The fraction of sp³-hybridized carbons (Fsp3) is 0.0625. The van der Waals surface area contributed by atoms with E-state index in [1.807, 2.05) is 18.2 Å². The summed E-state index contributed by atoms with van der Waals surface area (Å²) in [5.41, 5.74) is 2.40. The molecule has 1 aromatic heterocycles. The maximum absolute atomic E-state index is 10.7. The van der Waals surface area contributed by atoms with Gasteiger partial charge in [-0.3, -0.25) is 10.1 Å². The van der Waals surface area contributed by atoms with Crippen molar-refractivity contribution in [1.29, 1.82) is 0 Å². The van der Waals surface area contributed by atoms with Crippen LogP contribution in [0.2, 0.25) is 5.02 Å². The van der Waals surface area contributed by atoms with Gasteiger partial charge >= 0.3 is 0 Å². The van der Waals surface area contributed by atoms with Gasteiger partial charge in [0.1, 0.15) is 5.75 Å².